The van der Waals surface area contributed by atoms with Gasteiger partial charge in [-0.15, -0.1) is 0 Å². The molecule has 0 aliphatic carbocycles. The molecule has 19 heavy (non-hydrogen) atoms. The van der Waals surface area contributed by atoms with Crippen molar-refractivity contribution in [2.45, 2.75) is 32.7 Å². The van der Waals surface area contributed by atoms with Gasteiger partial charge in [0.1, 0.15) is 5.82 Å². The van der Waals surface area contributed by atoms with Crippen molar-refractivity contribution < 1.29 is 0 Å². The first kappa shape index (κ1) is 14.5. The molecule has 1 aromatic rings. The van der Waals surface area contributed by atoms with Gasteiger partial charge in [-0.3, -0.25) is 0 Å². The fraction of sp³-hybridized carbons (Fsp3) is 0.692. The fourth-order valence-electron chi connectivity index (χ4n) is 2.37. The average molecular weight is 328 g/mol. The van der Waals surface area contributed by atoms with E-state index < -0.39 is 0 Å². The Labute approximate surface area is 123 Å². The van der Waals surface area contributed by atoms with Gasteiger partial charge >= 0.3 is 0 Å². The SMILES string of the molecule is CCNc1ncc(Br)c(NC2CCCN(CC)C2)n1. The van der Waals surface area contributed by atoms with Gasteiger partial charge < -0.3 is 15.5 Å². The van der Waals surface area contributed by atoms with E-state index >= 15 is 0 Å². The number of hydrogen-bond acceptors (Lipinski definition) is 5. The van der Waals surface area contributed by atoms with Crippen molar-refractivity contribution in [2.24, 2.45) is 0 Å². The molecule has 1 aliphatic rings. The van der Waals surface area contributed by atoms with Crippen molar-refractivity contribution in [3.8, 4) is 0 Å². The van der Waals surface area contributed by atoms with Crippen molar-refractivity contribution >= 4 is 27.7 Å². The molecule has 1 unspecified atom stereocenters. The second-order valence-electron chi connectivity index (χ2n) is 4.80. The number of nitrogens with zero attached hydrogens (tertiary/aromatic N) is 3. The van der Waals surface area contributed by atoms with Crippen LogP contribution in [0.2, 0.25) is 0 Å². The number of likely N-dealkylation sites (N-methyl/N-ethyl adjacent to an activating group) is 1. The maximum Gasteiger partial charge on any atom is 0.224 e. The number of anilines is 2. The van der Waals surface area contributed by atoms with Crippen LogP contribution >= 0.6 is 15.9 Å². The summed E-state index contributed by atoms with van der Waals surface area (Å²) in [5.41, 5.74) is 0. The normalized spacial score (nSPS) is 20.3. The Balaban J connectivity index is 2.03. The molecular formula is C13H22BrN5. The summed E-state index contributed by atoms with van der Waals surface area (Å²) >= 11 is 3.51. The van der Waals surface area contributed by atoms with Crippen LogP contribution in [-0.4, -0.2) is 47.1 Å². The van der Waals surface area contributed by atoms with Gasteiger partial charge in [0.05, 0.1) is 4.47 Å². The molecule has 2 N–H and O–H groups in total. The minimum atomic E-state index is 0.467. The molecule has 1 fully saturated rings. The van der Waals surface area contributed by atoms with Crippen molar-refractivity contribution in [1.82, 2.24) is 14.9 Å². The van der Waals surface area contributed by atoms with Crippen LogP contribution in [0.3, 0.4) is 0 Å². The second kappa shape index (κ2) is 7.05. The van der Waals surface area contributed by atoms with E-state index in [-0.39, 0.29) is 0 Å². The van der Waals surface area contributed by atoms with E-state index in [0.717, 1.165) is 29.9 Å². The first-order valence-corrected chi connectivity index (χ1v) is 7.77. The van der Waals surface area contributed by atoms with Crippen LogP contribution in [-0.2, 0) is 0 Å². The molecule has 106 valence electrons. The monoisotopic (exact) mass is 327 g/mol. The van der Waals surface area contributed by atoms with Gasteiger partial charge in [0, 0.05) is 25.3 Å². The highest BCUT2D eigenvalue weighted by atomic mass is 79.9. The molecular weight excluding hydrogens is 306 g/mol. The number of likely N-dealkylation sites (tertiary alicyclic amines) is 1. The van der Waals surface area contributed by atoms with Crippen LogP contribution in [0.4, 0.5) is 11.8 Å². The zero-order valence-electron chi connectivity index (χ0n) is 11.6. The molecule has 6 heteroatoms. The minimum Gasteiger partial charge on any atom is -0.365 e. The quantitative estimate of drug-likeness (QED) is 0.870. The third kappa shape index (κ3) is 4.04. The summed E-state index contributed by atoms with van der Waals surface area (Å²) < 4.78 is 0.919. The van der Waals surface area contributed by atoms with Crippen LogP contribution in [0, 0.1) is 0 Å². The van der Waals surface area contributed by atoms with E-state index in [1.165, 1.54) is 19.4 Å². The predicted molar refractivity (Wildman–Crippen MR) is 82.7 cm³/mol. The number of rotatable bonds is 5. The van der Waals surface area contributed by atoms with E-state index in [2.05, 4.69) is 48.4 Å². The highest BCUT2D eigenvalue weighted by molar-refractivity contribution is 9.10. The zero-order valence-corrected chi connectivity index (χ0v) is 13.2. The van der Waals surface area contributed by atoms with Crippen LogP contribution < -0.4 is 10.6 Å². The molecule has 0 amide bonds. The predicted octanol–water partition coefficient (Wildman–Crippen LogP) is 2.57. The van der Waals surface area contributed by atoms with Gasteiger partial charge in [0.25, 0.3) is 0 Å². The lowest BCUT2D eigenvalue weighted by Crippen LogP contribution is -2.42. The molecule has 1 aliphatic heterocycles. The van der Waals surface area contributed by atoms with Gasteiger partial charge in [-0.1, -0.05) is 6.92 Å². The Bertz CT molecular complexity index is 412. The third-order valence-corrected chi connectivity index (χ3v) is 3.95. The molecule has 0 saturated carbocycles. The molecule has 0 radical (unpaired) electrons. The van der Waals surface area contributed by atoms with E-state index in [4.69, 9.17) is 0 Å². The first-order chi connectivity index (χ1) is 9.22. The standard InChI is InChI=1S/C13H22BrN5/c1-3-15-13-16-8-11(14)12(18-13)17-10-6-5-7-19(4-2)9-10/h8,10H,3-7,9H2,1-2H3,(H2,15,16,17,18). The average Bonchev–Trinajstić information content (AvgIpc) is 2.43. The highest BCUT2D eigenvalue weighted by Crippen LogP contribution is 2.23. The van der Waals surface area contributed by atoms with Gasteiger partial charge in [-0.2, -0.15) is 4.98 Å². The lowest BCUT2D eigenvalue weighted by Gasteiger charge is -2.32. The Hall–Kier alpha value is -0.880. The maximum atomic E-state index is 4.51. The van der Waals surface area contributed by atoms with Crippen molar-refractivity contribution in [2.75, 3.05) is 36.8 Å². The summed E-state index contributed by atoms with van der Waals surface area (Å²) in [6, 6.07) is 0.467. The smallest absolute Gasteiger partial charge is 0.224 e. The molecule has 0 aromatic carbocycles. The molecule has 1 aromatic heterocycles. The number of halogens is 1. The van der Waals surface area contributed by atoms with Crippen molar-refractivity contribution in [3.05, 3.63) is 10.7 Å². The second-order valence-corrected chi connectivity index (χ2v) is 5.65. The summed E-state index contributed by atoms with van der Waals surface area (Å²) in [6.45, 7) is 8.50. The zero-order chi connectivity index (χ0) is 13.7. The summed E-state index contributed by atoms with van der Waals surface area (Å²) in [7, 11) is 0. The number of nitrogens with one attached hydrogen (secondary N) is 2. The summed E-state index contributed by atoms with van der Waals surface area (Å²) in [5, 5.41) is 6.67. The molecule has 2 rings (SSSR count). The van der Waals surface area contributed by atoms with E-state index in [1.54, 1.807) is 6.20 Å². The molecule has 1 atom stereocenters. The lowest BCUT2D eigenvalue weighted by molar-refractivity contribution is 0.226. The van der Waals surface area contributed by atoms with E-state index in [0.29, 0.717) is 12.0 Å². The van der Waals surface area contributed by atoms with Crippen LogP contribution in [0.15, 0.2) is 10.7 Å². The van der Waals surface area contributed by atoms with Gasteiger partial charge in [0.15, 0.2) is 0 Å². The van der Waals surface area contributed by atoms with Crippen LogP contribution in [0.5, 0.6) is 0 Å². The summed E-state index contributed by atoms with van der Waals surface area (Å²) in [4.78, 5) is 11.2. The Kier molecular flexibility index (Phi) is 5.39. The van der Waals surface area contributed by atoms with Gasteiger partial charge in [-0.25, -0.2) is 4.98 Å². The Morgan fingerprint density at radius 1 is 1.47 bits per heavy atom. The van der Waals surface area contributed by atoms with Crippen LogP contribution in [0.1, 0.15) is 26.7 Å². The molecule has 1 saturated heterocycles. The van der Waals surface area contributed by atoms with E-state index in [1.807, 2.05) is 6.92 Å². The fourth-order valence-corrected chi connectivity index (χ4v) is 2.67. The minimum absolute atomic E-state index is 0.467. The Morgan fingerprint density at radius 3 is 3.05 bits per heavy atom. The molecule has 5 nitrogen and oxygen atoms in total. The lowest BCUT2D eigenvalue weighted by atomic mass is 10.1. The maximum absolute atomic E-state index is 4.51. The van der Waals surface area contributed by atoms with E-state index in [9.17, 15) is 0 Å². The summed E-state index contributed by atoms with van der Waals surface area (Å²) in [6.07, 6.45) is 4.24. The largest absolute Gasteiger partial charge is 0.365 e. The van der Waals surface area contributed by atoms with Gasteiger partial charge in [-0.05, 0) is 48.8 Å². The molecule has 0 spiro atoms. The number of hydrogen-bond donors (Lipinski definition) is 2. The first-order valence-electron chi connectivity index (χ1n) is 6.98. The van der Waals surface area contributed by atoms with Crippen molar-refractivity contribution in [1.29, 1.82) is 0 Å². The topological polar surface area (TPSA) is 53.1 Å². The van der Waals surface area contributed by atoms with Crippen molar-refractivity contribution in [3.63, 3.8) is 0 Å². The van der Waals surface area contributed by atoms with Gasteiger partial charge in [0.2, 0.25) is 5.95 Å². The molecule has 2 heterocycles. The Morgan fingerprint density at radius 2 is 2.32 bits per heavy atom. The summed E-state index contributed by atoms with van der Waals surface area (Å²) in [5.74, 6) is 1.56. The molecule has 0 bridgehead atoms. The number of piperidine rings is 1. The number of aromatic nitrogens is 2. The van der Waals surface area contributed by atoms with Crippen LogP contribution in [0.25, 0.3) is 0 Å². The third-order valence-electron chi connectivity index (χ3n) is 3.37. The highest BCUT2D eigenvalue weighted by Gasteiger charge is 2.19.